The second-order valence-corrected chi connectivity index (χ2v) is 8.03. The zero-order valence-electron chi connectivity index (χ0n) is 14.4. The molecule has 1 aliphatic carbocycles. The fraction of sp³-hybridized carbons (Fsp3) is 0.500. The van der Waals surface area contributed by atoms with Crippen molar-refractivity contribution in [2.75, 3.05) is 0 Å². The number of aliphatic hydroxyl groups is 1. The Hall–Kier alpha value is -1.99. The monoisotopic (exact) mass is 361 g/mol. The van der Waals surface area contributed by atoms with Gasteiger partial charge in [0, 0.05) is 10.6 Å². The molecule has 0 aliphatic heterocycles. The van der Waals surface area contributed by atoms with Gasteiger partial charge in [0.25, 0.3) is 5.91 Å². The third-order valence-corrected chi connectivity index (χ3v) is 5.37. The third-order valence-electron chi connectivity index (χ3n) is 4.42. The number of H-pyrrole nitrogens is 1. The largest absolute Gasteiger partial charge is 0.393 e. The molecule has 0 aromatic carbocycles. The first-order valence-corrected chi connectivity index (χ1v) is 9.43. The van der Waals surface area contributed by atoms with Crippen LogP contribution < -0.4 is 11.0 Å². The molecule has 2 heterocycles. The van der Waals surface area contributed by atoms with E-state index in [1.54, 1.807) is 17.4 Å². The molecule has 0 bridgehead atoms. The summed E-state index contributed by atoms with van der Waals surface area (Å²) in [6.45, 7) is 4.10. The van der Waals surface area contributed by atoms with Gasteiger partial charge in [-0.25, -0.2) is 4.79 Å². The van der Waals surface area contributed by atoms with E-state index in [4.69, 9.17) is 0 Å². The molecule has 1 amide bonds. The molecule has 1 aliphatic rings. The van der Waals surface area contributed by atoms with Gasteiger partial charge in [0.05, 0.1) is 12.1 Å². The van der Waals surface area contributed by atoms with Crippen LogP contribution in [0.15, 0.2) is 28.4 Å². The van der Waals surface area contributed by atoms with Gasteiger partial charge in [0.1, 0.15) is 5.69 Å². The summed E-state index contributed by atoms with van der Waals surface area (Å²) in [4.78, 5) is 32.0. The predicted molar refractivity (Wildman–Crippen MR) is 96.7 cm³/mol. The van der Waals surface area contributed by atoms with Gasteiger partial charge < -0.3 is 15.4 Å². The molecule has 0 unspecified atom stereocenters. The van der Waals surface area contributed by atoms with Crippen LogP contribution in [-0.2, 0) is 6.42 Å². The number of carbonyl (C=O) groups is 1. The Kier molecular flexibility index (Phi) is 5.34. The van der Waals surface area contributed by atoms with Crippen molar-refractivity contribution in [2.45, 2.75) is 45.3 Å². The van der Waals surface area contributed by atoms with Crippen LogP contribution in [0.1, 0.15) is 53.8 Å². The van der Waals surface area contributed by atoms with Gasteiger partial charge in [-0.05, 0) is 48.6 Å². The highest BCUT2D eigenvalue weighted by Gasteiger charge is 2.36. The molecular formula is C18H23N3O3S. The summed E-state index contributed by atoms with van der Waals surface area (Å²) in [6, 6.07) is 5.42. The van der Waals surface area contributed by atoms with Crippen molar-refractivity contribution in [3.8, 4) is 0 Å². The van der Waals surface area contributed by atoms with Crippen LogP contribution in [0.5, 0.6) is 0 Å². The Labute approximate surface area is 150 Å². The summed E-state index contributed by atoms with van der Waals surface area (Å²) >= 11 is 1.58. The first-order valence-electron chi connectivity index (χ1n) is 8.55. The molecule has 1 saturated carbocycles. The highest BCUT2D eigenvalue weighted by Crippen LogP contribution is 2.39. The molecule has 3 rings (SSSR count). The van der Waals surface area contributed by atoms with Gasteiger partial charge in [-0.1, -0.05) is 19.9 Å². The third kappa shape index (κ3) is 4.35. The normalized spacial score (nSPS) is 21.0. The van der Waals surface area contributed by atoms with Crippen LogP contribution in [0.2, 0.25) is 0 Å². The summed E-state index contributed by atoms with van der Waals surface area (Å²) in [7, 11) is 0. The Morgan fingerprint density at radius 3 is 2.84 bits per heavy atom. The molecule has 2 aromatic heterocycles. The number of aromatic nitrogens is 2. The Balaban J connectivity index is 1.79. The number of hydrogen-bond donors (Lipinski definition) is 3. The van der Waals surface area contributed by atoms with Crippen molar-refractivity contribution in [3.63, 3.8) is 0 Å². The maximum Gasteiger partial charge on any atom is 0.345 e. The number of hydrogen-bond acceptors (Lipinski definition) is 5. The second kappa shape index (κ2) is 7.49. The van der Waals surface area contributed by atoms with E-state index in [9.17, 15) is 14.7 Å². The number of nitrogens with one attached hydrogen (secondary N) is 2. The van der Waals surface area contributed by atoms with E-state index in [2.05, 4.69) is 15.3 Å². The Morgan fingerprint density at radius 2 is 2.24 bits per heavy atom. The van der Waals surface area contributed by atoms with Gasteiger partial charge in [-0.15, -0.1) is 11.3 Å². The molecule has 1 fully saturated rings. The van der Waals surface area contributed by atoms with Crippen molar-refractivity contribution in [3.05, 3.63) is 50.3 Å². The minimum Gasteiger partial charge on any atom is -0.393 e. The molecule has 25 heavy (non-hydrogen) atoms. The Bertz CT molecular complexity index is 779. The molecule has 7 heteroatoms. The lowest BCUT2D eigenvalue weighted by atomic mass is 9.76. The zero-order chi connectivity index (χ0) is 18.0. The molecule has 6 nitrogen and oxygen atoms in total. The predicted octanol–water partition coefficient (Wildman–Crippen LogP) is 2.27. The summed E-state index contributed by atoms with van der Waals surface area (Å²) in [5.74, 6) is 0.218. The highest BCUT2D eigenvalue weighted by molar-refractivity contribution is 7.10. The van der Waals surface area contributed by atoms with Crippen molar-refractivity contribution in [1.82, 2.24) is 15.3 Å². The van der Waals surface area contributed by atoms with Gasteiger partial charge >= 0.3 is 5.69 Å². The van der Waals surface area contributed by atoms with Gasteiger partial charge in [0.15, 0.2) is 0 Å². The van der Waals surface area contributed by atoms with E-state index in [0.717, 1.165) is 4.88 Å². The zero-order valence-corrected chi connectivity index (χ0v) is 15.2. The summed E-state index contributed by atoms with van der Waals surface area (Å²) < 4.78 is 0. The summed E-state index contributed by atoms with van der Waals surface area (Å²) in [5.41, 5.74) is 0.350. The average Bonchev–Trinajstić information content (AvgIpc) is 3.02. The maximum atomic E-state index is 12.7. The molecular weight excluding hydrogens is 338 g/mol. The van der Waals surface area contributed by atoms with Gasteiger partial charge in [-0.3, -0.25) is 4.79 Å². The number of aliphatic hydroxyl groups excluding tert-OH is 1. The SMILES string of the molecule is CC(C)Cc1cc(C(=O)N[C@@H](c2cccs2)C2CC(O)C2)nc(=O)[nH]1. The lowest BCUT2D eigenvalue weighted by Gasteiger charge is -2.37. The highest BCUT2D eigenvalue weighted by atomic mass is 32.1. The second-order valence-electron chi connectivity index (χ2n) is 7.05. The molecule has 0 spiro atoms. The summed E-state index contributed by atoms with van der Waals surface area (Å²) in [6.07, 6.45) is 1.73. The van der Waals surface area contributed by atoms with E-state index in [1.807, 2.05) is 31.4 Å². The molecule has 3 N–H and O–H groups in total. The van der Waals surface area contributed by atoms with E-state index in [0.29, 0.717) is 30.9 Å². The van der Waals surface area contributed by atoms with Gasteiger partial charge in [-0.2, -0.15) is 4.98 Å². The first kappa shape index (κ1) is 17.8. The van der Waals surface area contributed by atoms with Crippen molar-refractivity contribution in [2.24, 2.45) is 11.8 Å². The molecule has 2 aromatic rings. The van der Waals surface area contributed by atoms with Crippen LogP contribution in [0.4, 0.5) is 0 Å². The molecule has 0 saturated heterocycles. The lowest BCUT2D eigenvalue weighted by Crippen LogP contribution is -2.41. The van der Waals surface area contributed by atoms with E-state index < -0.39 is 5.69 Å². The number of amides is 1. The molecule has 1 atom stereocenters. The van der Waals surface area contributed by atoms with Gasteiger partial charge in [0.2, 0.25) is 0 Å². The number of aromatic amines is 1. The molecule has 0 radical (unpaired) electrons. The first-order chi connectivity index (χ1) is 11.9. The van der Waals surface area contributed by atoms with E-state index in [-0.39, 0.29) is 29.7 Å². The molecule has 134 valence electrons. The smallest absolute Gasteiger partial charge is 0.345 e. The van der Waals surface area contributed by atoms with Crippen molar-refractivity contribution < 1.29 is 9.90 Å². The fourth-order valence-electron chi connectivity index (χ4n) is 3.18. The minimum absolute atomic E-state index is 0.140. The van der Waals surface area contributed by atoms with E-state index in [1.165, 1.54) is 0 Å². The quantitative estimate of drug-likeness (QED) is 0.735. The Morgan fingerprint density at radius 1 is 1.48 bits per heavy atom. The average molecular weight is 361 g/mol. The van der Waals surface area contributed by atoms with E-state index >= 15 is 0 Å². The topological polar surface area (TPSA) is 95.1 Å². The van der Waals surface area contributed by atoms with Crippen LogP contribution >= 0.6 is 11.3 Å². The summed E-state index contributed by atoms with van der Waals surface area (Å²) in [5, 5.41) is 14.6. The number of nitrogens with zero attached hydrogens (tertiary/aromatic N) is 1. The lowest BCUT2D eigenvalue weighted by molar-refractivity contribution is 0.0240. The fourth-order valence-corrected chi connectivity index (χ4v) is 4.05. The van der Waals surface area contributed by atoms with Crippen LogP contribution in [0.3, 0.4) is 0 Å². The maximum absolute atomic E-state index is 12.7. The van der Waals surface area contributed by atoms with Crippen LogP contribution in [0, 0.1) is 11.8 Å². The van der Waals surface area contributed by atoms with Crippen molar-refractivity contribution >= 4 is 17.2 Å². The minimum atomic E-state index is -0.505. The van der Waals surface area contributed by atoms with Crippen molar-refractivity contribution in [1.29, 1.82) is 0 Å². The number of carbonyl (C=O) groups excluding carboxylic acids is 1. The van der Waals surface area contributed by atoms with Crippen LogP contribution in [0.25, 0.3) is 0 Å². The van der Waals surface area contributed by atoms with Crippen LogP contribution in [-0.4, -0.2) is 27.1 Å². The number of rotatable bonds is 6. The standard InChI is InChI=1S/C18H23N3O3S/c1-10(2)6-12-9-14(20-18(24)19-12)17(23)21-16(11-7-13(22)8-11)15-4-3-5-25-15/h3-5,9-11,13,16,22H,6-8H2,1-2H3,(H,21,23)(H,19,20,24)/t11?,13?,16-/m1/s1. The number of thiophene rings is 1.